The highest BCUT2D eigenvalue weighted by atomic mass is 79.9. The van der Waals surface area contributed by atoms with E-state index in [2.05, 4.69) is 21.2 Å². The molecule has 0 amide bonds. The van der Waals surface area contributed by atoms with Crippen molar-refractivity contribution in [3.05, 3.63) is 28.5 Å². The summed E-state index contributed by atoms with van der Waals surface area (Å²) in [7, 11) is 0. The molecule has 1 N–H and O–H groups in total. The quantitative estimate of drug-likeness (QED) is 0.921. The molecule has 1 aliphatic heterocycles. The molecule has 1 aromatic carbocycles. The first kappa shape index (κ1) is 12.8. The van der Waals surface area contributed by atoms with Crippen molar-refractivity contribution in [2.45, 2.75) is 19.3 Å². The molecule has 0 bridgehead atoms. The lowest BCUT2D eigenvalue weighted by Crippen LogP contribution is -2.30. The first-order valence-electron chi connectivity index (χ1n) is 6.03. The summed E-state index contributed by atoms with van der Waals surface area (Å²) in [6, 6.07) is 4.64. The first-order valence-corrected chi connectivity index (χ1v) is 6.83. The van der Waals surface area contributed by atoms with Gasteiger partial charge in [0.05, 0.1) is 6.61 Å². The maximum absolute atomic E-state index is 13.1. The number of hydrogen-bond donors (Lipinski definition) is 1. The summed E-state index contributed by atoms with van der Waals surface area (Å²) >= 11 is 3.25. The largest absolute Gasteiger partial charge is 0.493 e. The molecule has 1 saturated heterocycles. The van der Waals surface area contributed by atoms with Gasteiger partial charge in [-0.2, -0.15) is 0 Å². The summed E-state index contributed by atoms with van der Waals surface area (Å²) in [5.41, 5.74) is 0. The second-order valence-corrected chi connectivity index (χ2v) is 5.37. The molecule has 0 radical (unpaired) electrons. The number of ether oxygens (including phenoxy) is 1. The van der Waals surface area contributed by atoms with E-state index in [0.29, 0.717) is 22.7 Å². The number of benzene rings is 1. The second kappa shape index (κ2) is 6.36. The van der Waals surface area contributed by atoms with Crippen LogP contribution in [0.5, 0.6) is 5.75 Å². The normalized spacial score (nSPS) is 20.2. The average molecular weight is 302 g/mol. The van der Waals surface area contributed by atoms with Crippen molar-refractivity contribution in [2.24, 2.45) is 5.92 Å². The number of halogens is 2. The van der Waals surface area contributed by atoms with Crippen LogP contribution in [0.25, 0.3) is 0 Å². The Hall–Kier alpha value is -0.610. The third-order valence-corrected chi connectivity index (χ3v) is 3.49. The fourth-order valence-corrected chi connectivity index (χ4v) is 2.57. The van der Waals surface area contributed by atoms with Crippen molar-refractivity contribution >= 4 is 15.9 Å². The van der Waals surface area contributed by atoms with E-state index in [0.717, 1.165) is 19.5 Å². The summed E-state index contributed by atoms with van der Waals surface area (Å²) in [6.07, 6.45) is 3.54. The lowest BCUT2D eigenvalue weighted by atomic mass is 9.97. The van der Waals surface area contributed by atoms with E-state index in [1.165, 1.54) is 25.0 Å². The standard InChI is InChI=1S/C13H17BrFNO/c14-11-6-12(15)8-13(7-11)17-5-3-10-2-1-4-16-9-10/h6-8,10,16H,1-5,9H2. The molecule has 2 rings (SSSR count). The molecule has 2 nitrogen and oxygen atoms in total. The Morgan fingerprint density at radius 1 is 1.41 bits per heavy atom. The first-order chi connectivity index (χ1) is 8.24. The third-order valence-electron chi connectivity index (χ3n) is 3.03. The van der Waals surface area contributed by atoms with Crippen LogP contribution < -0.4 is 10.1 Å². The highest BCUT2D eigenvalue weighted by Crippen LogP contribution is 2.21. The van der Waals surface area contributed by atoms with Crippen LogP contribution in [0.1, 0.15) is 19.3 Å². The van der Waals surface area contributed by atoms with Crippen molar-refractivity contribution in [1.29, 1.82) is 0 Å². The van der Waals surface area contributed by atoms with Crippen LogP contribution in [0.4, 0.5) is 4.39 Å². The SMILES string of the molecule is Fc1cc(Br)cc(OCCC2CCCNC2)c1. The van der Waals surface area contributed by atoms with Gasteiger partial charge in [0.2, 0.25) is 0 Å². The van der Waals surface area contributed by atoms with E-state index in [9.17, 15) is 4.39 Å². The van der Waals surface area contributed by atoms with E-state index >= 15 is 0 Å². The Morgan fingerprint density at radius 3 is 3.00 bits per heavy atom. The van der Waals surface area contributed by atoms with Gasteiger partial charge in [-0.05, 0) is 50.4 Å². The topological polar surface area (TPSA) is 21.3 Å². The van der Waals surface area contributed by atoms with Gasteiger partial charge in [-0.25, -0.2) is 4.39 Å². The number of rotatable bonds is 4. The van der Waals surface area contributed by atoms with Crippen molar-refractivity contribution in [3.8, 4) is 5.75 Å². The molecule has 0 saturated carbocycles. The van der Waals surface area contributed by atoms with Gasteiger partial charge in [0, 0.05) is 10.5 Å². The molecule has 1 fully saturated rings. The average Bonchev–Trinajstić information content (AvgIpc) is 2.29. The van der Waals surface area contributed by atoms with Crippen LogP contribution in [0.15, 0.2) is 22.7 Å². The van der Waals surface area contributed by atoms with Gasteiger partial charge < -0.3 is 10.1 Å². The molecule has 1 heterocycles. The van der Waals surface area contributed by atoms with E-state index in [1.54, 1.807) is 6.07 Å². The Bertz CT molecular complexity index is 346. The molecule has 1 aliphatic rings. The summed E-state index contributed by atoms with van der Waals surface area (Å²) in [5, 5.41) is 3.38. The van der Waals surface area contributed by atoms with Crippen molar-refractivity contribution in [1.82, 2.24) is 5.32 Å². The minimum absolute atomic E-state index is 0.270. The van der Waals surface area contributed by atoms with Crippen LogP contribution in [0.3, 0.4) is 0 Å². The van der Waals surface area contributed by atoms with Gasteiger partial charge in [0.25, 0.3) is 0 Å². The van der Waals surface area contributed by atoms with Crippen molar-refractivity contribution in [3.63, 3.8) is 0 Å². The van der Waals surface area contributed by atoms with Crippen LogP contribution in [-0.4, -0.2) is 19.7 Å². The lowest BCUT2D eigenvalue weighted by Gasteiger charge is -2.22. The summed E-state index contributed by atoms with van der Waals surface area (Å²) < 4.78 is 19.4. The minimum Gasteiger partial charge on any atom is -0.493 e. The molecule has 17 heavy (non-hydrogen) atoms. The number of hydrogen-bond acceptors (Lipinski definition) is 2. The van der Waals surface area contributed by atoms with Crippen LogP contribution in [-0.2, 0) is 0 Å². The zero-order chi connectivity index (χ0) is 12.1. The molecule has 0 aromatic heterocycles. The molecule has 0 spiro atoms. The molecule has 1 aromatic rings. The molecule has 1 atom stereocenters. The van der Waals surface area contributed by atoms with Crippen LogP contribution >= 0.6 is 15.9 Å². The molecule has 1 unspecified atom stereocenters. The van der Waals surface area contributed by atoms with E-state index in [-0.39, 0.29) is 5.82 Å². The zero-order valence-corrected chi connectivity index (χ0v) is 11.3. The minimum atomic E-state index is -0.270. The predicted octanol–water partition coefficient (Wildman–Crippen LogP) is 3.36. The fourth-order valence-electron chi connectivity index (χ4n) is 2.13. The van der Waals surface area contributed by atoms with Gasteiger partial charge in [-0.15, -0.1) is 0 Å². The van der Waals surface area contributed by atoms with Crippen molar-refractivity contribution < 1.29 is 9.13 Å². The molecular formula is C13H17BrFNO. The monoisotopic (exact) mass is 301 g/mol. The lowest BCUT2D eigenvalue weighted by molar-refractivity contribution is 0.253. The predicted molar refractivity (Wildman–Crippen MR) is 69.8 cm³/mol. The van der Waals surface area contributed by atoms with E-state index in [4.69, 9.17) is 4.74 Å². The highest BCUT2D eigenvalue weighted by Gasteiger charge is 2.12. The van der Waals surface area contributed by atoms with E-state index in [1.807, 2.05) is 0 Å². The molecular weight excluding hydrogens is 285 g/mol. The van der Waals surface area contributed by atoms with Crippen LogP contribution in [0.2, 0.25) is 0 Å². The molecule has 94 valence electrons. The van der Waals surface area contributed by atoms with Gasteiger partial charge in [0.1, 0.15) is 11.6 Å². The van der Waals surface area contributed by atoms with Gasteiger partial charge >= 0.3 is 0 Å². The maximum atomic E-state index is 13.1. The van der Waals surface area contributed by atoms with Gasteiger partial charge in [-0.3, -0.25) is 0 Å². The molecule has 4 heteroatoms. The Morgan fingerprint density at radius 2 is 2.29 bits per heavy atom. The van der Waals surface area contributed by atoms with E-state index < -0.39 is 0 Å². The second-order valence-electron chi connectivity index (χ2n) is 4.45. The number of nitrogens with one attached hydrogen (secondary N) is 1. The third kappa shape index (κ3) is 4.28. The van der Waals surface area contributed by atoms with Gasteiger partial charge in [-0.1, -0.05) is 15.9 Å². The fraction of sp³-hybridized carbons (Fsp3) is 0.538. The summed E-state index contributed by atoms with van der Waals surface area (Å²) in [6.45, 7) is 2.87. The molecule has 0 aliphatic carbocycles. The number of piperidine rings is 1. The summed E-state index contributed by atoms with van der Waals surface area (Å²) in [5.74, 6) is 1.02. The maximum Gasteiger partial charge on any atom is 0.128 e. The Kier molecular flexibility index (Phi) is 4.80. The van der Waals surface area contributed by atoms with Crippen LogP contribution in [0, 0.1) is 11.7 Å². The van der Waals surface area contributed by atoms with Gasteiger partial charge in [0.15, 0.2) is 0 Å². The highest BCUT2D eigenvalue weighted by molar-refractivity contribution is 9.10. The summed E-state index contributed by atoms with van der Waals surface area (Å²) in [4.78, 5) is 0. The zero-order valence-electron chi connectivity index (χ0n) is 9.72. The Labute approximate surface area is 110 Å². The smallest absolute Gasteiger partial charge is 0.128 e. The van der Waals surface area contributed by atoms with Crippen molar-refractivity contribution in [2.75, 3.05) is 19.7 Å². The Balaban J connectivity index is 1.77.